The molecule has 0 bridgehead atoms. The molecule has 141 heavy (non-hydrogen) atoms. The molecule has 1 unspecified atom stereocenters. The second-order valence-electron chi connectivity index (χ2n) is 30.1. The van der Waals surface area contributed by atoms with Gasteiger partial charge in [-0.05, 0) is 178 Å². The Bertz CT molecular complexity index is 6910. The lowest BCUT2D eigenvalue weighted by Gasteiger charge is -2.43. The van der Waals surface area contributed by atoms with E-state index in [1.807, 2.05) is 12.3 Å². The van der Waals surface area contributed by atoms with Crippen LogP contribution in [0.25, 0.3) is 0 Å². The van der Waals surface area contributed by atoms with Crippen molar-refractivity contribution < 1.29 is 228 Å². The third-order valence-corrected chi connectivity index (χ3v) is 20.6. The van der Waals surface area contributed by atoms with Crippen LogP contribution >= 0.6 is 15.9 Å². The molecule has 0 spiro atoms. The Labute approximate surface area is 793 Å². The molecule has 1 saturated heterocycles. The van der Waals surface area contributed by atoms with Crippen molar-refractivity contribution in [1.29, 1.82) is 0 Å². The highest BCUT2D eigenvalue weighted by atomic mass is 79.9. The number of ether oxygens (including phenoxy) is 11. The summed E-state index contributed by atoms with van der Waals surface area (Å²) in [6.45, 7) is -0.655. The number of pyridine rings is 1. The van der Waals surface area contributed by atoms with Gasteiger partial charge in [-0.1, -0.05) is 34.1 Å². The molecule has 6 atom stereocenters. The molecule has 1 aliphatic rings. The van der Waals surface area contributed by atoms with Crippen LogP contribution in [0.2, 0.25) is 0 Å². The summed E-state index contributed by atoms with van der Waals surface area (Å²) in [6.07, 6.45) is -12.1. The minimum Gasteiger partial charge on any atom is -0.504 e. The molecule has 1 aliphatic heterocycles. The Balaban J connectivity index is 0.000000831. The number of hydrogen-bond acceptors (Lipinski definition) is 48. The van der Waals surface area contributed by atoms with Crippen LogP contribution in [0.3, 0.4) is 0 Å². The molecule has 0 saturated carbocycles. The van der Waals surface area contributed by atoms with E-state index in [0.29, 0.717) is 127 Å². The summed E-state index contributed by atoms with van der Waals surface area (Å²) in [5.41, 5.74) is -7.42. The SMILES string of the molecule is CN(C)CCC(c1ccc(Br)cc1)c1ccccn1.O=C(OC[C@H]1O[C@@H](OC(=O)c2cc(O)c(O)c(OC(=O)c3cc(O)c(O)c(O)c3)c2)[C@H](OC(=O)c2cc(O)c(O)c(OC(=O)c3cc(O)c(O)c(O)c3)c2)[C@@H](OC(=O)c2cc(O)c(O)c(OC(=O)c3cc(O)c(O)c(O)c3)c2)[C@@H]1OC(=O)c1cc(O)c(O)c(OC(=O)c2cc(O)c(O)c(O)c2)c1)c1cc(O)c(O)c(OC(=O)c2cc(O)c(O)c(O)c2)c1. The van der Waals surface area contributed by atoms with E-state index in [1.165, 1.54) is 5.56 Å². The molecule has 0 radical (unpaired) electrons. The van der Waals surface area contributed by atoms with Crippen molar-refractivity contribution in [3.63, 3.8) is 0 Å². The van der Waals surface area contributed by atoms with Crippen molar-refractivity contribution in [1.82, 2.24) is 9.88 Å². The zero-order valence-corrected chi connectivity index (χ0v) is 72.9. The number of halogens is 1. The number of aromatic hydroxyl groups is 25. The number of phenols is 25. The van der Waals surface area contributed by atoms with Crippen molar-refractivity contribution in [3.05, 3.63) is 241 Å². The third kappa shape index (κ3) is 22.9. The van der Waals surface area contributed by atoms with Gasteiger partial charge in [0.25, 0.3) is 0 Å². The van der Waals surface area contributed by atoms with E-state index in [4.69, 9.17) is 52.1 Å². The van der Waals surface area contributed by atoms with E-state index in [1.54, 1.807) is 0 Å². The van der Waals surface area contributed by atoms with Crippen LogP contribution < -0.4 is 23.7 Å². The molecule has 48 nitrogen and oxygen atoms in total. The standard InChI is InChI=1S/C76H52O46.C16H19BrN2/c77-32-1-22(2-33(78)53(32)92)67(103)113-47-16-27(11-42(87)58(47)97)66(102)112-21-52-63(119-72(108)28-12-43(88)59(98)48(17-28)114-68(104)23-3-34(79)54(93)35(80)4-23)64(120-73(109)29-13-44(89)60(99)49(18-29)115-69(105)24-5-36(81)55(94)37(82)6-24)65(121-74(110)30-14-45(90)61(100)50(19-30)116-70(106)25-7-38(83)56(95)39(84)8-25)76(118-52)122-75(111)31-15-46(91)62(101)51(20-31)117-71(107)26-9-40(85)57(96)41(86)10-26;1-19(2)12-10-15(16-5-3-4-11-18-16)13-6-8-14(17)9-7-13/h1-20,52,63-65,76-101H,21H2;3-9,11,15H,10,12H2,1-2H3/t52-,63-,64+,65-,76+;/m1./s1. The molecule has 11 aromatic carbocycles. The Kier molecular flexibility index (Phi) is 29.7. The highest BCUT2D eigenvalue weighted by Gasteiger charge is 2.55. The van der Waals surface area contributed by atoms with Gasteiger partial charge in [0, 0.05) is 22.3 Å². The molecule has 0 aliphatic carbocycles. The molecule has 2 heterocycles. The molecule has 12 aromatic rings. The van der Waals surface area contributed by atoms with E-state index in [0.717, 1.165) is 23.1 Å². The number of nitrogens with zero attached hydrogens (tertiary/aromatic N) is 2. The monoisotopic (exact) mass is 2020 g/mol. The predicted octanol–water partition coefficient (Wildman–Crippen LogP) is 8.77. The van der Waals surface area contributed by atoms with Gasteiger partial charge in [0.2, 0.25) is 41.1 Å². The molecule has 25 N–H and O–H groups in total. The first-order valence-corrected chi connectivity index (χ1v) is 40.5. The van der Waals surface area contributed by atoms with Gasteiger partial charge in [-0.15, -0.1) is 0 Å². The molecule has 1 aromatic heterocycles. The van der Waals surface area contributed by atoms with Gasteiger partial charge in [0.1, 0.15) is 12.7 Å². The quantitative estimate of drug-likeness (QED) is 0.0104. The number of rotatable bonds is 26. The second-order valence-corrected chi connectivity index (χ2v) is 31.0. The molecule has 1 fully saturated rings. The van der Waals surface area contributed by atoms with Crippen LogP contribution in [0.1, 0.15) is 127 Å². The predicted molar refractivity (Wildman–Crippen MR) is 466 cm³/mol. The smallest absolute Gasteiger partial charge is 0.343 e. The molecular formula is C92H71BrN2O46. The summed E-state index contributed by atoms with van der Waals surface area (Å²) in [5.74, 6) is -55.6. The summed E-state index contributed by atoms with van der Waals surface area (Å²) >= 11 is 3.49. The van der Waals surface area contributed by atoms with Gasteiger partial charge in [-0.25, -0.2) is 47.9 Å². The highest BCUT2D eigenvalue weighted by Crippen LogP contribution is 2.48. The summed E-state index contributed by atoms with van der Waals surface area (Å²) in [6, 6.07) is 23.3. The highest BCUT2D eigenvalue weighted by molar-refractivity contribution is 9.10. The maximum atomic E-state index is 15.3. The molecule has 0 amide bonds. The number of esters is 10. The van der Waals surface area contributed by atoms with Gasteiger partial charge >= 0.3 is 59.7 Å². The van der Waals surface area contributed by atoms with Gasteiger partial charge in [0.05, 0.1) is 55.6 Å². The molecule has 732 valence electrons. The first kappa shape index (κ1) is 101. The Hall–Kier alpha value is -19.3. The van der Waals surface area contributed by atoms with Crippen LogP contribution in [0.15, 0.2) is 174 Å². The summed E-state index contributed by atoms with van der Waals surface area (Å²) < 4.78 is 61.5. The van der Waals surface area contributed by atoms with Gasteiger partial charge < -0.3 is 185 Å². The minimum absolute atomic E-state index is 0.295. The number of phenolic OH excluding ortho intramolecular Hbond substituents is 25. The summed E-state index contributed by atoms with van der Waals surface area (Å²) in [7, 11) is 4.22. The summed E-state index contributed by atoms with van der Waals surface area (Å²) in [4.78, 5) is 149. The van der Waals surface area contributed by atoms with Gasteiger partial charge in [-0.2, -0.15) is 0 Å². The van der Waals surface area contributed by atoms with Crippen LogP contribution in [-0.4, -0.2) is 255 Å². The van der Waals surface area contributed by atoms with Crippen molar-refractivity contribution in [2.45, 2.75) is 43.0 Å². The van der Waals surface area contributed by atoms with Crippen molar-refractivity contribution in [2.24, 2.45) is 0 Å². The Morgan fingerprint density at radius 3 is 0.823 bits per heavy atom. The minimum atomic E-state index is -3.12. The number of aromatic nitrogens is 1. The van der Waals surface area contributed by atoms with E-state index in [2.05, 4.69) is 76.3 Å². The fourth-order valence-corrected chi connectivity index (χ4v) is 13.3. The zero-order chi connectivity index (χ0) is 103. The van der Waals surface area contributed by atoms with E-state index >= 15 is 14.4 Å². The van der Waals surface area contributed by atoms with E-state index < -0.39 is 325 Å². The van der Waals surface area contributed by atoms with E-state index in [-0.39, 0.29) is 0 Å². The fourth-order valence-electron chi connectivity index (χ4n) is 13.0. The largest absolute Gasteiger partial charge is 0.504 e. The fraction of sp³-hybridized carbons (Fsp3) is 0.120. The topological polar surface area (TPSA) is 794 Å². The van der Waals surface area contributed by atoms with Gasteiger partial charge in [0.15, 0.2) is 156 Å². The normalized spacial score (nSPS) is 14.4. The number of carbonyl (C=O) groups excluding carboxylic acids is 10. The van der Waals surface area contributed by atoms with E-state index in [9.17, 15) is 161 Å². The maximum absolute atomic E-state index is 15.3. The van der Waals surface area contributed by atoms with Crippen LogP contribution in [0.4, 0.5) is 0 Å². The third-order valence-electron chi connectivity index (χ3n) is 20.1. The molecular weight excluding hydrogens is 1950 g/mol. The Morgan fingerprint density at radius 1 is 0.305 bits per heavy atom. The lowest BCUT2D eigenvalue weighted by atomic mass is 9.92. The van der Waals surface area contributed by atoms with Crippen LogP contribution in [-0.2, 0) is 28.4 Å². The molecule has 49 heteroatoms. The second kappa shape index (κ2) is 41.7. The first-order valence-electron chi connectivity index (χ1n) is 39.7. The van der Waals surface area contributed by atoms with Crippen LogP contribution in [0, 0.1) is 0 Å². The maximum Gasteiger partial charge on any atom is 0.343 e. The number of hydrogen-bond donors (Lipinski definition) is 25. The first-order chi connectivity index (χ1) is 66.5. The van der Waals surface area contributed by atoms with Crippen molar-refractivity contribution in [3.8, 4) is 172 Å². The van der Waals surface area contributed by atoms with Crippen molar-refractivity contribution >= 4 is 75.6 Å². The zero-order valence-electron chi connectivity index (χ0n) is 71.3. The number of carbonyl (C=O) groups is 10. The molecule has 13 rings (SSSR count). The van der Waals surface area contributed by atoms with Gasteiger partial charge in [-0.3, -0.25) is 4.98 Å². The van der Waals surface area contributed by atoms with Crippen molar-refractivity contribution in [2.75, 3.05) is 27.2 Å². The average Bonchev–Trinajstić information content (AvgIpc) is 0.762. The van der Waals surface area contributed by atoms with Crippen LogP contribution in [0.5, 0.6) is 172 Å². The lowest BCUT2D eigenvalue weighted by Crippen LogP contribution is -2.63. The lowest BCUT2D eigenvalue weighted by molar-refractivity contribution is -0.282. The Morgan fingerprint density at radius 2 is 0.553 bits per heavy atom. The average molecular weight is 2020 g/mol. The summed E-state index contributed by atoms with van der Waals surface area (Å²) in [5, 5.41) is 261. The number of benzene rings is 11.